The Hall–Kier alpha value is -3.51. The first-order valence-corrected chi connectivity index (χ1v) is 8.78. The summed E-state index contributed by atoms with van der Waals surface area (Å²) in [4.78, 5) is 46.6. The average molecular weight is 424 g/mol. The van der Waals surface area contributed by atoms with Gasteiger partial charge in [0.15, 0.2) is 0 Å². The zero-order chi connectivity index (χ0) is 22.4. The molecule has 0 unspecified atom stereocenters. The van der Waals surface area contributed by atoms with E-state index in [1.165, 1.54) is 18.2 Å². The number of hydrogen-bond acceptors (Lipinski definition) is 6. The van der Waals surface area contributed by atoms with Gasteiger partial charge >= 0.3 is 12.0 Å². The fourth-order valence-electron chi connectivity index (χ4n) is 2.80. The van der Waals surface area contributed by atoms with E-state index in [1.54, 1.807) is 0 Å². The predicted octanol–water partition coefficient (Wildman–Crippen LogP) is -1.19. The largest absolute Gasteiger partial charge is 0.481 e. The van der Waals surface area contributed by atoms with Crippen LogP contribution >= 0.6 is 0 Å². The molecule has 0 saturated carbocycles. The van der Waals surface area contributed by atoms with Gasteiger partial charge in [0.25, 0.3) is 0 Å². The Morgan fingerprint density at radius 1 is 1.23 bits per heavy atom. The molecule has 2 rings (SSSR count). The number of aliphatic carboxylic acids is 1. The van der Waals surface area contributed by atoms with Gasteiger partial charge in [0.05, 0.1) is 18.6 Å². The van der Waals surface area contributed by atoms with Crippen LogP contribution in [0.15, 0.2) is 35.9 Å². The maximum atomic E-state index is 13.2. The van der Waals surface area contributed by atoms with Gasteiger partial charge in [-0.25, -0.2) is 9.18 Å². The summed E-state index contributed by atoms with van der Waals surface area (Å²) in [7, 11) is 0. The zero-order valence-corrected chi connectivity index (χ0v) is 15.5. The summed E-state index contributed by atoms with van der Waals surface area (Å²) in [6, 6.07) is 1.52. The van der Waals surface area contributed by atoms with Crippen LogP contribution in [0.25, 0.3) is 0 Å². The van der Waals surface area contributed by atoms with Gasteiger partial charge < -0.3 is 37.0 Å². The van der Waals surface area contributed by atoms with Crippen LogP contribution < -0.4 is 21.7 Å². The molecular formula is C18H21FN4O7. The molecule has 0 fully saturated rings. The fraction of sp³-hybridized carbons (Fsp3) is 0.333. The third-order valence-electron chi connectivity index (χ3n) is 4.27. The average Bonchev–Trinajstić information content (AvgIpc) is 2.64. The van der Waals surface area contributed by atoms with Crippen molar-refractivity contribution in [1.82, 2.24) is 10.6 Å². The minimum absolute atomic E-state index is 0.0968. The van der Waals surface area contributed by atoms with Crippen molar-refractivity contribution in [3.8, 4) is 0 Å². The lowest BCUT2D eigenvalue weighted by Gasteiger charge is -2.31. The first-order valence-electron chi connectivity index (χ1n) is 8.78. The van der Waals surface area contributed by atoms with Crippen LogP contribution in [-0.4, -0.2) is 63.4 Å². The second kappa shape index (κ2) is 9.80. The Morgan fingerprint density at radius 2 is 1.93 bits per heavy atom. The number of benzene rings is 1. The summed E-state index contributed by atoms with van der Waals surface area (Å²) in [5.74, 6) is -3.89. The van der Waals surface area contributed by atoms with Crippen molar-refractivity contribution < 1.29 is 38.9 Å². The van der Waals surface area contributed by atoms with Crippen LogP contribution in [0.4, 0.5) is 14.9 Å². The molecule has 0 aliphatic heterocycles. The third-order valence-corrected chi connectivity index (χ3v) is 4.27. The molecule has 1 aromatic rings. The molecule has 8 N–H and O–H groups in total. The van der Waals surface area contributed by atoms with Gasteiger partial charge in [-0.2, -0.15) is 0 Å². The number of urea groups is 1. The number of anilines is 1. The Bertz CT molecular complexity index is 876. The number of carbonyl (C=O) groups is 4. The third kappa shape index (κ3) is 6.25. The van der Waals surface area contributed by atoms with Crippen LogP contribution in [0, 0.1) is 5.82 Å². The lowest BCUT2D eigenvalue weighted by atomic mass is 9.90. The molecule has 162 valence electrons. The molecule has 1 aliphatic carbocycles. The van der Waals surface area contributed by atoms with Crippen molar-refractivity contribution in [3.63, 3.8) is 0 Å². The first-order chi connectivity index (χ1) is 14.1. The molecule has 0 saturated heterocycles. The number of nitrogens with two attached hydrogens (primary N) is 1. The number of carboxylic acid groups (broad SMARTS) is 1. The quantitative estimate of drug-likeness (QED) is 0.286. The van der Waals surface area contributed by atoms with Gasteiger partial charge in [-0.3, -0.25) is 14.4 Å². The monoisotopic (exact) mass is 424 g/mol. The van der Waals surface area contributed by atoms with E-state index in [2.05, 4.69) is 16.0 Å². The molecule has 4 amide bonds. The van der Waals surface area contributed by atoms with Gasteiger partial charge in [-0.1, -0.05) is 12.1 Å². The summed E-state index contributed by atoms with van der Waals surface area (Å²) in [5.41, 5.74) is 5.11. The number of aliphatic hydroxyl groups excluding tert-OH is 2. The second-order valence-corrected chi connectivity index (χ2v) is 6.61. The molecule has 1 aromatic carbocycles. The van der Waals surface area contributed by atoms with E-state index in [1.807, 2.05) is 0 Å². The number of carboxylic acids is 1. The van der Waals surface area contributed by atoms with E-state index >= 15 is 0 Å². The lowest BCUT2D eigenvalue weighted by molar-refractivity contribution is -0.140. The van der Waals surface area contributed by atoms with E-state index in [0.717, 1.165) is 12.1 Å². The molecule has 12 heteroatoms. The van der Waals surface area contributed by atoms with Crippen LogP contribution in [-0.2, 0) is 14.4 Å². The smallest absolute Gasteiger partial charge is 0.319 e. The SMILES string of the molecule is NC(=O)[C@@H](CC(=O)O)NC(=O)C1=C[C@@H](NC(=O)Nc2cccc(F)c2)[C@@H](O)[C@H](O)C1. The van der Waals surface area contributed by atoms with Crippen LogP contribution in [0.2, 0.25) is 0 Å². The van der Waals surface area contributed by atoms with Crippen LogP contribution in [0.1, 0.15) is 12.8 Å². The Morgan fingerprint density at radius 3 is 2.53 bits per heavy atom. The van der Waals surface area contributed by atoms with E-state index in [-0.39, 0.29) is 17.7 Å². The van der Waals surface area contributed by atoms with Crippen LogP contribution in [0.3, 0.4) is 0 Å². The van der Waals surface area contributed by atoms with E-state index < -0.39 is 60.3 Å². The van der Waals surface area contributed by atoms with Crippen LogP contribution in [0.5, 0.6) is 0 Å². The topological polar surface area (TPSA) is 191 Å². The highest BCUT2D eigenvalue weighted by molar-refractivity contribution is 5.98. The molecule has 11 nitrogen and oxygen atoms in total. The minimum Gasteiger partial charge on any atom is -0.481 e. The highest BCUT2D eigenvalue weighted by Gasteiger charge is 2.34. The van der Waals surface area contributed by atoms with Crippen molar-refractivity contribution in [2.75, 3.05) is 5.32 Å². The number of hydrogen-bond donors (Lipinski definition) is 7. The zero-order valence-electron chi connectivity index (χ0n) is 15.5. The van der Waals surface area contributed by atoms with Gasteiger partial charge in [0, 0.05) is 17.7 Å². The molecule has 0 aromatic heterocycles. The van der Waals surface area contributed by atoms with Gasteiger partial charge in [0.2, 0.25) is 11.8 Å². The first kappa shape index (κ1) is 22.8. The highest BCUT2D eigenvalue weighted by Crippen LogP contribution is 2.20. The van der Waals surface area contributed by atoms with E-state index in [9.17, 15) is 33.8 Å². The molecule has 0 spiro atoms. The molecular weight excluding hydrogens is 403 g/mol. The van der Waals surface area contributed by atoms with Crippen molar-refractivity contribution in [2.24, 2.45) is 5.73 Å². The normalized spacial score (nSPS) is 21.7. The fourth-order valence-corrected chi connectivity index (χ4v) is 2.80. The lowest BCUT2D eigenvalue weighted by Crippen LogP contribution is -2.53. The van der Waals surface area contributed by atoms with Crippen molar-refractivity contribution in [1.29, 1.82) is 0 Å². The number of nitrogens with one attached hydrogen (secondary N) is 3. The van der Waals surface area contributed by atoms with Crippen molar-refractivity contribution in [3.05, 3.63) is 41.7 Å². The van der Waals surface area contributed by atoms with E-state index in [4.69, 9.17) is 10.8 Å². The van der Waals surface area contributed by atoms with Crippen molar-refractivity contribution in [2.45, 2.75) is 37.1 Å². The number of amides is 4. The van der Waals surface area contributed by atoms with E-state index in [0.29, 0.717) is 0 Å². The number of primary amides is 1. The Balaban J connectivity index is 2.10. The molecule has 1 aliphatic rings. The number of aliphatic hydroxyl groups is 2. The number of halogens is 1. The summed E-state index contributed by atoms with van der Waals surface area (Å²) in [6.45, 7) is 0. The Labute approximate surface area is 169 Å². The predicted molar refractivity (Wildman–Crippen MR) is 100 cm³/mol. The molecule has 0 heterocycles. The summed E-state index contributed by atoms with van der Waals surface area (Å²) in [6.07, 6.45) is -2.77. The Kier molecular flexibility index (Phi) is 7.44. The highest BCUT2D eigenvalue weighted by atomic mass is 19.1. The molecule has 0 radical (unpaired) electrons. The van der Waals surface area contributed by atoms with Crippen molar-refractivity contribution >= 4 is 29.5 Å². The standard InChI is InChI=1S/C18H21FN4O7/c19-9-2-1-3-10(6-9)21-18(30)23-11-4-8(5-13(24)15(11)27)17(29)22-12(16(20)28)7-14(25)26/h1-4,6,11-13,15,24,27H,5,7H2,(H2,20,28)(H,22,29)(H,25,26)(H2,21,23,30)/t11-,12-,13-,15-/m1/s1. The second-order valence-electron chi connectivity index (χ2n) is 6.61. The number of rotatable bonds is 7. The molecule has 4 atom stereocenters. The summed E-state index contributed by atoms with van der Waals surface area (Å²) in [5, 5.41) is 35.7. The number of carbonyl (C=O) groups excluding carboxylic acids is 3. The van der Waals surface area contributed by atoms with Gasteiger partial charge in [-0.15, -0.1) is 0 Å². The molecule has 0 bridgehead atoms. The van der Waals surface area contributed by atoms with Gasteiger partial charge in [-0.05, 0) is 18.2 Å². The summed E-state index contributed by atoms with van der Waals surface area (Å²) >= 11 is 0. The minimum atomic E-state index is -1.48. The molecule has 30 heavy (non-hydrogen) atoms. The maximum Gasteiger partial charge on any atom is 0.319 e. The van der Waals surface area contributed by atoms with Gasteiger partial charge in [0.1, 0.15) is 18.0 Å². The summed E-state index contributed by atoms with van der Waals surface area (Å²) < 4.78 is 13.2. The maximum absolute atomic E-state index is 13.2.